The predicted octanol–water partition coefficient (Wildman–Crippen LogP) is 3.75. The summed E-state index contributed by atoms with van der Waals surface area (Å²) in [5, 5.41) is 7.24. The minimum atomic E-state index is 0.655. The Morgan fingerprint density at radius 1 is 0.947 bits per heavy atom. The summed E-state index contributed by atoms with van der Waals surface area (Å²) in [6, 6.07) is 8.11. The average Bonchev–Trinajstić information content (AvgIpc) is 2.48. The van der Waals surface area contributed by atoms with Crippen molar-refractivity contribution in [1.29, 1.82) is 0 Å². The van der Waals surface area contributed by atoms with Gasteiger partial charge < -0.3 is 10.6 Å². The number of anilines is 1. The summed E-state index contributed by atoms with van der Waals surface area (Å²) in [5.41, 5.74) is 4.35. The van der Waals surface area contributed by atoms with Crippen LogP contribution < -0.4 is 10.6 Å². The van der Waals surface area contributed by atoms with Gasteiger partial charge in [0, 0.05) is 17.8 Å². The second-order valence-electron chi connectivity index (χ2n) is 5.64. The highest BCUT2D eigenvalue weighted by molar-refractivity contribution is 5.58. The van der Waals surface area contributed by atoms with Crippen LogP contribution in [0.3, 0.4) is 0 Å². The highest BCUT2D eigenvalue weighted by Gasteiger charge is 2.20. The third-order valence-electron chi connectivity index (χ3n) is 4.48. The number of para-hydroxylation sites is 1. The van der Waals surface area contributed by atoms with Gasteiger partial charge in [-0.25, -0.2) is 0 Å². The minimum absolute atomic E-state index is 0.655. The minimum Gasteiger partial charge on any atom is -0.382 e. The molecule has 1 aromatic rings. The maximum Gasteiger partial charge on any atom is 0.0407 e. The molecule has 0 aliphatic heterocycles. The van der Waals surface area contributed by atoms with Crippen LogP contribution in [0, 0.1) is 0 Å². The van der Waals surface area contributed by atoms with Crippen molar-refractivity contribution in [2.45, 2.75) is 64.5 Å². The van der Waals surface area contributed by atoms with Gasteiger partial charge in [0.15, 0.2) is 0 Å². The molecule has 2 N–H and O–H groups in total. The van der Waals surface area contributed by atoms with Gasteiger partial charge in [0.2, 0.25) is 0 Å². The molecular formula is C17H28N2. The molecular weight excluding hydrogens is 232 g/mol. The van der Waals surface area contributed by atoms with Crippen LogP contribution in [-0.4, -0.2) is 19.1 Å². The maximum atomic E-state index is 3.84. The van der Waals surface area contributed by atoms with Crippen molar-refractivity contribution >= 4 is 5.69 Å². The van der Waals surface area contributed by atoms with E-state index in [1.54, 1.807) is 0 Å². The summed E-state index contributed by atoms with van der Waals surface area (Å²) >= 11 is 0. The zero-order valence-electron chi connectivity index (χ0n) is 12.6. The third kappa shape index (κ3) is 3.50. The van der Waals surface area contributed by atoms with Crippen LogP contribution in [0.1, 0.15) is 50.7 Å². The molecule has 19 heavy (non-hydrogen) atoms. The third-order valence-corrected chi connectivity index (χ3v) is 4.48. The first-order chi connectivity index (χ1) is 9.28. The van der Waals surface area contributed by atoms with Gasteiger partial charge in [0.1, 0.15) is 0 Å². The number of hydrogen-bond donors (Lipinski definition) is 2. The van der Waals surface area contributed by atoms with Crippen molar-refractivity contribution in [3.63, 3.8) is 0 Å². The fraction of sp³-hybridized carbons (Fsp3) is 0.647. The average molecular weight is 260 g/mol. The van der Waals surface area contributed by atoms with Gasteiger partial charge in [-0.3, -0.25) is 0 Å². The first-order valence-corrected chi connectivity index (χ1v) is 7.83. The lowest BCUT2D eigenvalue weighted by Gasteiger charge is -2.31. The highest BCUT2D eigenvalue weighted by Crippen LogP contribution is 2.27. The molecule has 2 heteroatoms. The van der Waals surface area contributed by atoms with Crippen molar-refractivity contribution in [3.05, 3.63) is 29.3 Å². The zero-order chi connectivity index (χ0) is 13.7. The van der Waals surface area contributed by atoms with Crippen LogP contribution in [0.4, 0.5) is 5.69 Å². The SMILES string of the molecule is CCc1cccc(CC)c1NC1CCC(NC)CC1. The first-order valence-electron chi connectivity index (χ1n) is 7.83. The quantitative estimate of drug-likeness (QED) is 0.842. The maximum absolute atomic E-state index is 3.84. The van der Waals surface area contributed by atoms with Gasteiger partial charge >= 0.3 is 0 Å². The topological polar surface area (TPSA) is 24.1 Å². The molecule has 0 radical (unpaired) electrons. The van der Waals surface area contributed by atoms with Crippen LogP contribution in [-0.2, 0) is 12.8 Å². The van der Waals surface area contributed by atoms with Crippen molar-refractivity contribution in [3.8, 4) is 0 Å². The number of aryl methyl sites for hydroxylation is 2. The Hall–Kier alpha value is -1.02. The van der Waals surface area contributed by atoms with Crippen molar-refractivity contribution in [2.75, 3.05) is 12.4 Å². The molecule has 106 valence electrons. The fourth-order valence-corrected chi connectivity index (χ4v) is 3.16. The lowest BCUT2D eigenvalue weighted by atomic mass is 9.90. The summed E-state index contributed by atoms with van der Waals surface area (Å²) in [4.78, 5) is 0. The largest absolute Gasteiger partial charge is 0.382 e. The molecule has 2 nitrogen and oxygen atoms in total. The Balaban J connectivity index is 2.06. The zero-order valence-corrected chi connectivity index (χ0v) is 12.6. The molecule has 0 amide bonds. The van der Waals surface area contributed by atoms with E-state index in [0.717, 1.165) is 18.9 Å². The number of hydrogen-bond acceptors (Lipinski definition) is 2. The second-order valence-corrected chi connectivity index (χ2v) is 5.64. The highest BCUT2D eigenvalue weighted by atomic mass is 14.9. The Bertz CT molecular complexity index is 370. The summed E-state index contributed by atoms with van der Waals surface area (Å²) in [5.74, 6) is 0. The van der Waals surface area contributed by atoms with E-state index in [-0.39, 0.29) is 0 Å². The molecule has 2 rings (SSSR count). The van der Waals surface area contributed by atoms with Gasteiger partial charge in [0.25, 0.3) is 0 Å². The summed E-state index contributed by atoms with van der Waals surface area (Å²) in [6.45, 7) is 4.50. The Morgan fingerprint density at radius 2 is 1.47 bits per heavy atom. The van der Waals surface area contributed by atoms with E-state index in [2.05, 4.69) is 49.7 Å². The normalized spacial score (nSPS) is 23.3. The smallest absolute Gasteiger partial charge is 0.0407 e. The number of benzene rings is 1. The molecule has 0 saturated heterocycles. The number of rotatable bonds is 5. The van der Waals surface area contributed by atoms with E-state index in [9.17, 15) is 0 Å². The van der Waals surface area contributed by atoms with Gasteiger partial charge in [-0.2, -0.15) is 0 Å². The predicted molar refractivity (Wildman–Crippen MR) is 83.9 cm³/mol. The molecule has 0 aromatic heterocycles. The van der Waals surface area contributed by atoms with Crippen molar-refractivity contribution in [2.24, 2.45) is 0 Å². The molecule has 0 atom stereocenters. The standard InChI is InChI=1S/C17H28N2/c1-4-13-7-6-8-14(5-2)17(13)19-16-11-9-15(18-3)10-12-16/h6-8,15-16,18-19H,4-5,9-12H2,1-3H3. The molecule has 1 saturated carbocycles. The van der Waals surface area contributed by atoms with Gasteiger partial charge in [-0.05, 0) is 56.7 Å². The molecule has 1 aromatic carbocycles. The van der Waals surface area contributed by atoms with Crippen LogP contribution >= 0.6 is 0 Å². The van der Waals surface area contributed by atoms with Gasteiger partial charge in [0.05, 0.1) is 0 Å². The molecule has 0 unspecified atom stereocenters. The molecule has 0 heterocycles. The first kappa shape index (κ1) is 14.4. The van der Waals surface area contributed by atoms with E-state index in [1.165, 1.54) is 42.5 Å². The second kappa shape index (κ2) is 6.95. The fourth-order valence-electron chi connectivity index (χ4n) is 3.16. The Kier molecular flexibility index (Phi) is 5.26. The van der Waals surface area contributed by atoms with Crippen LogP contribution in [0.25, 0.3) is 0 Å². The van der Waals surface area contributed by atoms with Gasteiger partial charge in [-0.1, -0.05) is 32.0 Å². The lowest BCUT2D eigenvalue weighted by molar-refractivity contribution is 0.371. The van der Waals surface area contributed by atoms with E-state index in [4.69, 9.17) is 0 Å². The summed E-state index contributed by atoms with van der Waals surface area (Å²) in [6.07, 6.45) is 7.39. The summed E-state index contributed by atoms with van der Waals surface area (Å²) in [7, 11) is 2.08. The van der Waals surface area contributed by atoms with Crippen molar-refractivity contribution < 1.29 is 0 Å². The van der Waals surface area contributed by atoms with Crippen LogP contribution in [0.2, 0.25) is 0 Å². The van der Waals surface area contributed by atoms with E-state index >= 15 is 0 Å². The molecule has 1 fully saturated rings. The monoisotopic (exact) mass is 260 g/mol. The van der Waals surface area contributed by atoms with E-state index < -0.39 is 0 Å². The molecule has 1 aliphatic carbocycles. The van der Waals surface area contributed by atoms with Gasteiger partial charge in [-0.15, -0.1) is 0 Å². The van der Waals surface area contributed by atoms with E-state index in [0.29, 0.717) is 6.04 Å². The van der Waals surface area contributed by atoms with Crippen molar-refractivity contribution in [1.82, 2.24) is 5.32 Å². The lowest BCUT2D eigenvalue weighted by Crippen LogP contribution is -2.35. The molecule has 0 bridgehead atoms. The van der Waals surface area contributed by atoms with Crippen LogP contribution in [0.5, 0.6) is 0 Å². The van der Waals surface area contributed by atoms with E-state index in [1.807, 2.05) is 0 Å². The Morgan fingerprint density at radius 3 is 1.95 bits per heavy atom. The Labute approximate surface area is 118 Å². The molecule has 0 spiro atoms. The van der Waals surface area contributed by atoms with Crippen LogP contribution in [0.15, 0.2) is 18.2 Å². The molecule has 1 aliphatic rings. The number of nitrogens with one attached hydrogen (secondary N) is 2. The summed E-state index contributed by atoms with van der Waals surface area (Å²) < 4.78 is 0.